The molecule has 2 amide bonds. The first-order valence-electron chi connectivity index (χ1n) is 11.6. The Morgan fingerprint density at radius 3 is 2.46 bits per heavy atom. The minimum Gasteiger partial charge on any atom is -0.483 e. The van der Waals surface area contributed by atoms with E-state index in [1.165, 1.54) is 0 Å². The van der Waals surface area contributed by atoms with Gasteiger partial charge in [0, 0.05) is 24.5 Å². The van der Waals surface area contributed by atoms with Crippen molar-refractivity contribution in [1.82, 2.24) is 10.2 Å². The van der Waals surface area contributed by atoms with E-state index >= 15 is 0 Å². The Bertz CT molecular complexity index is 1140. The Morgan fingerprint density at radius 2 is 1.77 bits per heavy atom. The molecule has 0 aliphatic carbocycles. The van der Waals surface area contributed by atoms with Crippen LogP contribution in [0.4, 0.5) is 0 Å². The number of rotatable bonds is 11. The van der Waals surface area contributed by atoms with Crippen molar-refractivity contribution in [2.75, 3.05) is 13.2 Å². The van der Waals surface area contributed by atoms with Crippen LogP contribution in [0.25, 0.3) is 0 Å². The van der Waals surface area contributed by atoms with Crippen molar-refractivity contribution in [2.45, 2.75) is 39.3 Å². The van der Waals surface area contributed by atoms with Gasteiger partial charge in [-0.2, -0.15) is 0 Å². The number of carbonyl (C=O) groups is 2. The van der Waals surface area contributed by atoms with Gasteiger partial charge in [-0.3, -0.25) is 9.59 Å². The molecule has 0 aliphatic heterocycles. The van der Waals surface area contributed by atoms with E-state index in [0.29, 0.717) is 34.8 Å². The van der Waals surface area contributed by atoms with Gasteiger partial charge in [-0.15, -0.1) is 0 Å². The second-order valence-electron chi connectivity index (χ2n) is 8.31. The fourth-order valence-electron chi connectivity index (χ4n) is 3.71. The molecular weight excluding hydrogens is 528 g/mol. The number of benzene rings is 3. The first kappa shape index (κ1) is 26.8. The maximum Gasteiger partial charge on any atom is 0.261 e. The second-order valence-corrected chi connectivity index (χ2v) is 9.60. The summed E-state index contributed by atoms with van der Waals surface area (Å²) in [6.45, 7) is 4.64. The largest absolute Gasteiger partial charge is 0.483 e. The highest BCUT2D eigenvalue weighted by molar-refractivity contribution is 9.10. The molecule has 1 unspecified atom stereocenters. The molecule has 35 heavy (non-hydrogen) atoms. The van der Waals surface area contributed by atoms with E-state index in [4.69, 9.17) is 16.3 Å². The van der Waals surface area contributed by atoms with E-state index in [1.807, 2.05) is 68.4 Å². The third-order valence-electron chi connectivity index (χ3n) is 5.67. The first-order chi connectivity index (χ1) is 16.9. The first-order valence-corrected chi connectivity index (χ1v) is 12.8. The average molecular weight is 558 g/mol. The van der Waals surface area contributed by atoms with Crippen molar-refractivity contribution in [2.24, 2.45) is 0 Å². The highest BCUT2D eigenvalue weighted by Crippen LogP contribution is 2.28. The van der Waals surface area contributed by atoms with Gasteiger partial charge < -0.3 is 15.0 Å². The fourth-order valence-corrected chi connectivity index (χ4v) is 4.50. The number of hydrogen-bond donors (Lipinski definition) is 1. The number of nitrogens with one attached hydrogen (secondary N) is 1. The van der Waals surface area contributed by atoms with E-state index < -0.39 is 6.04 Å². The Kier molecular flexibility index (Phi) is 10.2. The molecule has 0 spiro atoms. The molecule has 0 bridgehead atoms. The van der Waals surface area contributed by atoms with Crippen LogP contribution in [0.5, 0.6) is 5.75 Å². The highest BCUT2D eigenvalue weighted by atomic mass is 79.9. The lowest BCUT2D eigenvalue weighted by molar-refractivity contribution is -0.142. The molecule has 0 saturated carbocycles. The quantitative estimate of drug-likeness (QED) is 0.317. The molecular formula is C28H30BrClN2O3. The van der Waals surface area contributed by atoms with E-state index in [1.54, 1.807) is 23.1 Å². The molecule has 0 aliphatic rings. The van der Waals surface area contributed by atoms with Crippen molar-refractivity contribution in [3.63, 3.8) is 0 Å². The lowest BCUT2D eigenvalue weighted by Gasteiger charge is -2.32. The van der Waals surface area contributed by atoms with E-state index in [2.05, 4.69) is 21.2 Å². The Balaban J connectivity index is 1.91. The monoisotopic (exact) mass is 556 g/mol. The summed E-state index contributed by atoms with van der Waals surface area (Å²) in [5.41, 5.74) is 3.02. The zero-order valence-corrected chi connectivity index (χ0v) is 22.3. The number of hydrogen-bond acceptors (Lipinski definition) is 3. The average Bonchev–Trinajstić information content (AvgIpc) is 2.85. The van der Waals surface area contributed by atoms with Crippen molar-refractivity contribution >= 4 is 39.3 Å². The Morgan fingerprint density at radius 1 is 1.06 bits per heavy atom. The van der Waals surface area contributed by atoms with Crippen LogP contribution in [0.15, 0.2) is 77.3 Å². The number of halogens is 2. The summed E-state index contributed by atoms with van der Waals surface area (Å²) in [6, 6.07) is 22.1. The zero-order chi connectivity index (χ0) is 25.2. The number of amides is 2. The molecule has 0 aromatic heterocycles. The maximum atomic E-state index is 13.6. The van der Waals surface area contributed by atoms with Crippen LogP contribution < -0.4 is 10.1 Å². The van der Waals surface area contributed by atoms with Gasteiger partial charge in [0.2, 0.25) is 5.91 Å². The SMILES string of the molecule is CCCNC(=O)C(Cc1ccccc1)N(Cc1ccccc1C)C(=O)COc1ccc(Cl)cc1Br. The summed E-state index contributed by atoms with van der Waals surface area (Å²) in [4.78, 5) is 28.6. The summed E-state index contributed by atoms with van der Waals surface area (Å²) >= 11 is 9.45. The molecule has 3 rings (SSSR count). The number of nitrogens with zero attached hydrogens (tertiary/aromatic N) is 1. The van der Waals surface area contributed by atoms with Gasteiger partial charge in [0.15, 0.2) is 6.61 Å². The number of aryl methyl sites for hydroxylation is 1. The van der Waals surface area contributed by atoms with Crippen LogP contribution in [-0.2, 0) is 22.6 Å². The van der Waals surface area contributed by atoms with E-state index in [9.17, 15) is 9.59 Å². The van der Waals surface area contributed by atoms with Gasteiger partial charge in [-0.1, -0.05) is 73.1 Å². The lowest BCUT2D eigenvalue weighted by Crippen LogP contribution is -2.51. The standard InChI is InChI=1S/C28H30BrClN2O3/c1-3-15-31-28(34)25(16-21-10-5-4-6-11-21)32(18-22-12-8-7-9-20(22)2)27(33)19-35-26-14-13-23(30)17-24(26)29/h4-14,17,25H,3,15-16,18-19H2,1-2H3,(H,31,34). The third-order valence-corrected chi connectivity index (χ3v) is 6.52. The Hall–Kier alpha value is -2.83. The molecule has 0 fully saturated rings. The molecule has 3 aromatic rings. The van der Waals surface area contributed by atoms with Gasteiger partial charge in [-0.05, 0) is 64.2 Å². The van der Waals surface area contributed by atoms with Gasteiger partial charge in [0.1, 0.15) is 11.8 Å². The van der Waals surface area contributed by atoms with Gasteiger partial charge in [0.25, 0.3) is 5.91 Å². The minimum atomic E-state index is -0.687. The summed E-state index contributed by atoms with van der Waals surface area (Å²) < 4.78 is 6.49. The van der Waals surface area contributed by atoms with Gasteiger partial charge in [-0.25, -0.2) is 0 Å². The number of ether oxygens (including phenoxy) is 1. The molecule has 5 nitrogen and oxygen atoms in total. The smallest absolute Gasteiger partial charge is 0.261 e. The van der Waals surface area contributed by atoms with Crippen LogP contribution in [-0.4, -0.2) is 35.9 Å². The fraction of sp³-hybridized carbons (Fsp3) is 0.286. The second kappa shape index (κ2) is 13.3. The maximum absolute atomic E-state index is 13.6. The highest BCUT2D eigenvalue weighted by Gasteiger charge is 2.31. The van der Waals surface area contributed by atoms with Crippen LogP contribution in [0.2, 0.25) is 5.02 Å². The Labute approximate surface area is 220 Å². The molecule has 0 heterocycles. The van der Waals surface area contributed by atoms with Crippen molar-refractivity contribution < 1.29 is 14.3 Å². The van der Waals surface area contributed by atoms with Crippen molar-refractivity contribution in [3.8, 4) is 5.75 Å². The van der Waals surface area contributed by atoms with Crippen LogP contribution in [0.3, 0.4) is 0 Å². The lowest BCUT2D eigenvalue weighted by atomic mass is 10.0. The third kappa shape index (κ3) is 7.84. The molecule has 1 atom stereocenters. The molecule has 7 heteroatoms. The summed E-state index contributed by atoms with van der Waals surface area (Å²) in [6.07, 6.45) is 1.21. The summed E-state index contributed by atoms with van der Waals surface area (Å²) in [5.74, 6) is 0.0571. The molecule has 3 aromatic carbocycles. The van der Waals surface area contributed by atoms with Crippen molar-refractivity contribution in [3.05, 3.63) is 99.0 Å². The minimum absolute atomic E-state index is 0.176. The predicted molar refractivity (Wildman–Crippen MR) is 144 cm³/mol. The van der Waals surface area contributed by atoms with E-state index in [0.717, 1.165) is 23.1 Å². The zero-order valence-electron chi connectivity index (χ0n) is 20.0. The van der Waals surface area contributed by atoms with Crippen LogP contribution >= 0.6 is 27.5 Å². The topological polar surface area (TPSA) is 58.6 Å². The van der Waals surface area contributed by atoms with E-state index in [-0.39, 0.29) is 18.4 Å². The van der Waals surface area contributed by atoms with Crippen LogP contribution in [0.1, 0.15) is 30.0 Å². The molecule has 184 valence electrons. The van der Waals surface area contributed by atoms with Gasteiger partial charge >= 0.3 is 0 Å². The summed E-state index contributed by atoms with van der Waals surface area (Å²) in [5, 5.41) is 3.54. The normalized spacial score (nSPS) is 11.5. The number of carbonyl (C=O) groups excluding carboxylic acids is 2. The summed E-state index contributed by atoms with van der Waals surface area (Å²) in [7, 11) is 0. The van der Waals surface area contributed by atoms with Gasteiger partial charge in [0.05, 0.1) is 4.47 Å². The van der Waals surface area contributed by atoms with Crippen LogP contribution in [0, 0.1) is 6.92 Å². The molecule has 0 radical (unpaired) electrons. The molecule has 0 saturated heterocycles. The molecule has 1 N–H and O–H groups in total. The predicted octanol–water partition coefficient (Wildman–Crippen LogP) is 5.96. The van der Waals surface area contributed by atoms with Crippen molar-refractivity contribution in [1.29, 1.82) is 0 Å².